The maximum Gasteiger partial charge on any atom is 0.266 e. The molecule has 1 N–H and O–H groups in total. The second kappa shape index (κ2) is 4.96. The molecule has 0 aromatic carbocycles. The molecule has 0 aliphatic heterocycles. The van der Waals surface area contributed by atoms with Gasteiger partial charge in [0.1, 0.15) is 9.39 Å². The van der Waals surface area contributed by atoms with Gasteiger partial charge in [0.05, 0.1) is 12.9 Å². The molecule has 2 aromatic rings. The first-order valence-electron chi connectivity index (χ1n) is 4.65. The third-order valence-corrected chi connectivity index (χ3v) is 3.95. The molecule has 0 spiro atoms. The summed E-state index contributed by atoms with van der Waals surface area (Å²) >= 11 is 3.72. The smallest absolute Gasteiger partial charge is 0.266 e. The van der Waals surface area contributed by atoms with E-state index in [2.05, 4.69) is 16.0 Å². The Morgan fingerprint density at radius 1 is 1.62 bits per heavy atom. The molecule has 84 valence electrons. The Balaban J connectivity index is 2.24. The summed E-state index contributed by atoms with van der Waals surface area (Å²) in [5, 5.41) is 2.04. The van der Waals surface area contributed by atoms with Crippen LogP contribution in [0.15, 0.2) is 28.6 Å². The Kier molecular flexibility index (Phi) is 3.59. The van der Waals surface area contributed by atoms with E-state index in [0.717, 1.165) is 12.4 Å². The van der Waals surface area contributed by atoms with Crippen LogP contribution in [0.3, 0.4) is 0 Å². The van der Waals surface area contributed by atoms with Crippen LogP contribution < -0.4 is 10.5 Å². The SMILES string of the molecule is CN(Cc1cccs1)c1nc[nH]c(=O)c1I. The summed E-state index contributed by atoms with van der Waals surface area (Å²) in [4.78, 5) is 21.4. The molecule has 0 saturated carbocycles. The van der Waals surface area contributed by atoms with Crippen molar-refractivity contribution < 1.29 is 0 Å². The number of hydrogen-bond acceptors (Lipinski definition) is 4. The van der Waals surface area contributed by atoms with Gasteiger partial charge in [-0.15, -0.1) is 11.3 Å². The lowest BCUT2D eigenvalue weighted by Crippen LogP contribution is -2.23. The highest BCUT2D eigenvalue weighted by atomic mass is 127. The van der Waals surface area contributed by atoms with Crippen molar-refractivity contribution in [1.82, 2.24) is 9.97 Å². The van der Waals surface area contributed by atoms with Gasteiger partial charge in [-0.25, -0.2) is 4.98 Å². The molecule has 16 heavy (non-hydrogen) atoms. The highest BCUT2D eigenvalue weighted by Crippen LogP contribution is 2.18. The second-order valence-corrected chi connectivity index (χ2v) is 5.42. The third-order valence-electron chi connectivity index (χ3n) is 2.11. The summed E-state index contributed by atoms with van der Waals surface area (Å²) < 4.78 is 0.624. The first-order valence-corrected chi connectivity index (χ1v) is 6.61. The van der Waals surface area contributed by atoms with Crippen LogP contribution in [0.25, 0.3) is 0 Å². The van der Waals surface area contributed by atoms with Crippen LogP contribution >= 0.6 is 33.9 Å². The molecule has 2 heterocycles. The molecular formula is C10H10IN3OS. The molecule has 0 amide bonds. The van der Waals surface area contributed by atoms with Crippen LogP contribution in [0, 0.1) is 3.57 Å². The minimum atomic E-state index is -0.0939. The minimum Gasteiger partial charge on any atom is -0.353 e. The number of hydrogen-bond donors (Lipinski definition) is 1. The average molecular weight is 347 g/mol. The molecule has 0 aliphatic carbocycles. The first kappa shape index (κ1) is 11.6. The van der Waals surface area contributed by atoms with Gasteiger partial charge in [-0.3, -0.25) is 4.79 Å². The standard InChI is InChI=1S/C10H10IN3OS/c1-14(5-7-3-2-4-16-7)9-8(11)10(15)13-6-12-9/h2-4,6H,5H2,1H3,(H,12,13,15). The minimum absolute atomic E-state index is 0.0939. The number of anilines is 1. The van der Waals surface area contributed by atoms with Crippen molar-refractivity contribution in [2.45, 2.75) is 6.54 Å². The lowest BCUT2D eigenvalue weighted by Gasteiger charge is -2.17. The fraction of sp³-hybridized carbons (Fsp3) is 0.200. The fourth-order valence-electron chi connectivity index (χ4n) is 1.35. The number of H-pyrrole nitrogens is 1. The van der Waals surface area contributed by atoms with Crippen molar-refractivity contribution in [2.75, 3.05) is 11.9 Å². The number of thiophene rings is 1. The molecule has 0 atom stereocenters. The lowest BCUT2D eigenvalue weighted by atomic mass is 10.4. The molecule has 0 fully saturated rings. The van der Waals surface area contributed by atoms with Crippen molar-refractivity contribution >= 4 is 39.7 Å². The topological polar surface area (TPSA) is 49.0 Å². The quantitative estimate of drug-likeness (QED) is 0.865. The van der Waals surface area contributed by atoms with Gasteiger partial charge in [0.2, 0.25) is 0 Å². The summed E-state index contributed by atoms with van der Waals surface area (Å²) in [6.07, 6.45) is 1.44. The van der Waals surface area contributed by atoms with Crippen LogP contribution in [-0.2, 0) is 6.54 Å². The Labute approximate surface area is 110 Å². The van der Waals surface area contributed by atoms with Crippen molar-refractivity contribution in [3.8, 4) is 0 Å². The number of halogens is 1. The Bertz CT molecular complexity index is 523. The van der Waals surface area contributed by atoms with Crippen molar-refractivity contribution in [1.29, 1.82) is 0 Å². The highest BCUT2D eigenvalue weighted by molar-refractivity contribution is 14.1. The van der Waals surface area contributed by atoms with E-state index in [1.54, 1.807) is 11.3 Å². The molecule has 0 saturated heterocycles. The average Bonchev–Trinajstić information content (AvgIpc) is 2.74. The molecule has 0 unspecified atom stereocenters. The third kappa shape index (κ3) is 2.43. The first-order chi connectivity index (χ1) is 7.68. The molecule has 2 aromatic heterocycles. The van der Waals surface area contributed by atoms with Gasteiger partial charge in [-0.2, -0.15) is 0 Å². The van der Waals surface area contributed by atoms with Gasteiger partial charge >= 0.3 is 0 Å². The van der Waals surface area contributed by atoms with Crippen LogP contribution in [0.2, 0.25) is 0 Å². The van der Waals surface area contributed by atoms with E-state index in [1.165, 1.54) is 11.2 Å². The van der Waals surface area contributed by atoms with Crippen LogP contribution in [0.1, 0.15) is 4.88 Å². The summed E-state index contributed by atoms with van der Waals surface area (Å²) in [7, 11) is 1.93. The van der Waals surface area contributed by atoms with E-state index in [1.807, 2.05) is 46.0 Å². The van der Waals surface area contributed by atoms with Gasteiger partial charge in [0.25, 0.3) is 5.56 Å². The summed E-state index contributed by atoms with van der Waals surface area (Å²) in [5.41, 5.74) is -0.0939. The van der Waals surface area contributed by atoms with Crippen molar-refractivity contribution in [3.63, 3.8) is 0 Å². The van der Waals surface area contributed by atoms with Gasteiger partial charge in [-0.1, -0.05) is 6.07 Å². The second-order valence-electron chi connectivity index (χ2n) is 3.30. The lowest BCUT2D eigenvalue weighted by molar-refractivity contribution is 0.892. The number of aromatic amines is 1. The summed E-state index contributed by atoms with van der Waals surface area (Å²) in [6.45, 7) is 0.768. The predicted octanol–water partition coefficient (Wildman–Crippen LogP) is 2.07. The van der Waals surface area contributed by atoms with E-state index in [4.69, 9.17) is 0 Å². The maximum atomic E-state index is 11.4. The van der Waals surface area contributed by atoms with Gasteiger partial charge in [0.15, 0.2) is 0 Å². The van der Waals surface area contributed by atoms with E-state index in [9.17, 15) is 4.79 Å². The summed E-state index contributed by atoms with van der Waals surface area (Å²) in [6, 6.07) is 4.09. The number of nitrogens with zero attached hydrogens (tertiary/aromatic N) is 2. The van der Waals surface area contributed by atoms with Crippen LogP contribution in [0.5, 0.6) is 0 Å². The molecule has 0 radical (unpaired) electrons. The molecule has 0 aliphatic rings. The molecular weight excluding hydrogens is 337 g/mol. The Morgan fingerprint density at radius 2 is 2.44 bits per heavy atom. The number of nitrogens with one attached hydrogen (secondary N) is 1. The van der Waals surface area contributed by atoms with Crippen LogP contribution in [-0.4, -0.2) is 17.0 Å². The largest absolute Gasteiger partial charge is 0.353 e. The van der Waals surface area contributed by atoms with Crippen LogP contribution in [0.4, 0.5) is 5.82 Å². The zero-order valence-electron chi connectivity index (χ0n) is 8.61. The monoisotopic (exact) mass is 347 g/mol. The Morgan fingerprint density at radius 3 is 3.12 bits per heavy atom. The maximum absolute atomic E-state index is 11.4. The number of aromatic nitrogens is 2. The Hall–Kier alpha value is -0.890. The predicted molar refractivity (Wildman–Crippen MR) is 74.0 cm³/mol. The zero-order chi connectivity index (χ0) is 11.5. The number of rotatable bonds is 3. The highest BCUT2D eigenvalue weighted by Gasteiger charge is 2.10. The van der Waals surface area contributed by atoms with E-state index >= 15 is 0 Å². The normalized spacial score (nSPS) is 10.4. The summed E-state index contributed by atoms with van der Waals surface area (Å²) in [5.74, 6) is 0.720. The molecule has 4 nitrogen and oxygen atoms in total. The van der Waals surface area contributed by atoms with Crippen molar-refractivity contribution in [3.05, 3.63) is 42.6 Å². The molecule has 2 rings (SSSR count). The van der Waals surface area contributed by atoms with E-state index in [0.29, 0.717) is 3.57 Å². The van der Waals surface area contributed by atoms with E-state index < -0.39 is 0 Å². The van der Waals surface area contributed by atoms with Gasteiger partial charge in [0, 0.05) is 11.9 Å². The fourth-order valence-corrected chi connectivity index (χ4v) is 2.81. The zero-order valence-corrected chi connectivity index (χ0v) is 11.6. The van der Waals surface area contributed by atoms with E-state index in [-0.39, 0.29) is 5.56 Å². The molecule has 6 heteroatoms. The van der Waals surface area contributed by atoms with Gasteiger partial charge in [-0.05, 0) is 34.0 Å². The molecule has 0 bridgehead atoms. The van der Waals surface area contributed by atoms with Crippen molar-refractivity contribution in [2.24, 2.45) is 0 Å². The van der Waals surface area contributed by atoms with Gasteiger partial charge < -0.3 is 9.88 Å².